The van der Waals surface area contributed by atoms with E-state index >= 15 is 0 Å². The van der Waals surface area contributed by atoms with Crippen LogP contribution in [0.25, 0.3) is 0 Å². The molecular weight excluding hydrogens is 282 g/mol. The third kappa shape index (κ3) is 3.74. The maximum Gasteiger partial charge on any atom is 0.416 e. The van der Waals surface area contributed by atoms with Crippen LogP contribution < -0.4 is 5.32 Å². The van der Waals surface area contributed by atoms with E-state index in [1.807, 2.05) is 13.8 Å². The molecule has 1 atom stereocenters. The molecule has 0 bridgehead atoms. The lowest BCUT2D eigenvalue weighted by Gasteiger charge is -2.18. The van der Waals surface area contributed by atoms with E-state index in [2.05, 4.69) is 5.32 Å². The molecule has 2 aromatic carbocycles. The van der Waals surface area contributed by atoms with Gasteiger partial charge in [0, 0.05) is 11.7 Å². The van der Waals surface area contributed by atoms with Gasteiger partial charge in [-0.1, -0.05) is 18.2 Å². The molecule has 21 heavy (non-hydrogen) atoms. The lowest BCUT2D eigenvalue weighted by atomic mass is 10.0. The van der Waals surface area contributed by atoms with E-state index in [-0.39, 0.29) is 11.9 Å². The van der Waals surface area contributed by atoms with Gasteiger partial charge >= 0.3 is 6.18 Å². The van der Waals surface area contributed by atoms with Crippen LogP contribution in [0, 0.1) is 12.7 Å². The predicted octanol–water partition coefficient (Wildman–Crippen LogP) is 5.33. The summed E-state index contributed by atoms with van der Waals surface area (Å²) in [6.07, 6.45) is -4.34. The van der Waals surface area contributed by atoms with Gasteiger partial charge in [0.2, 0.25) is 0 Å². The fourth-order valence-electron chi connectivity index (χ4n) is 2.03. The monoisotopic (exact) mass is 297 g/mol. The highest BCUT2D eigenvalue weighted by Gasteiger charge is 2.30. The maximum absolute atomic E-state index is 13.2. The molecule has 0 heterocycles. The molecule has 0 aliphatic heterocycles. The van der Waals surface area contributed by atoms with Crippen molar-refractivity contribution in [2.75, 3.05) is 5.32 Å². The molecule has 0 aromatic heterocycles. The van der Waals surface area contributed by atoms with Crippen molar-refractivity contribution in [2.45, 2.75) is 26.1 Å². The Morgan fingerprint density at radius 2 is 1.62 bits per heavy atom. The van der Waals surface area contributed by atoms with E-state index < -0.39 is 11.7 Å². The Balaban J connectivity index is 2.17. The molecule has 0 aliphatic rings. The number of nitrogens with one attached hydrogen (secondary N) is 1. The van der Waals surface area contributed by atoms with Gasteiger partial charge in [-0.25, -0.2) is 4.39 Å². The minimum atomic E-state index is -4.34. The van der Waals surface area contributed by atoms with Crippen LogP contribution in [-0.4, -0.2) is 0 Å². The Kier molecular flexibility index (Phi) is 4.21. The summed E-state index contributed by atoms with van der Waals surface area (Å²) in [6.45, 7) is 3.65. The molecule has 5 heteroatoms. The van der Waals surface area contributed by atoms with Crippen LogP contribution in [0.3, 0.4) is 0 Å². The summed E-state index contributed by atoms with van der Waals surface area (Å²) < 4.78 is 50.7. The van der Waals surface area contributed by atoms with E-state index in [4.69, 9.17) is 0 Å². The van der Waals surface area contributed by atoms with Gasteiger partial charge in [0.1, 0.15) is 5.82 Å². The number of hydrogen-bond acceptors (Lipinski definition) is 1. The average Bonchev–Trinajstić information content (AvgIpc) is 2.42. The number of rotatable bonds is 3. The van der Waals surface area contributed by atoms with Crippen molar-refractivity contribution in [3.63, 3.8) is 0 Å². The zero-order valence-electron chi connectivity index (χ0n) is 11.6. The van der Waals surface area contributed by atoms with E-state index in [1.54, 1.807) is 6.07 Å². The lowest BCUT2D eigenvalue weighted by Crippen LogP contribution is -2.09. The second kappa shape index (κ2) is 5.76. The third-order valence-electron chi connectivity index (χ3n) is 3.31. The highest BCUT2D eigenvalue weighted by molar-refractivity contribution is 5.52. The molecule has 0 aliphatic carbocycles. The van der Waals surface area contributed by atoms with Gasteiger partial charge in [-0.05, 0) is 49.2 Å². The molecule has 112 valence electrons. The molecule has 0 saturated carbocycles. The topological polar surface area (TPSA) is 12.0 Å². The molecule has 0 radical (unpaired) electrons. The molecule has 2 aromatic rings. The van der Waals surface area contributed by atoms with Crippen LogP contribution in [0.2, 0.25) is 0 Å². The minimum absolute atomic E-state index is 0.229. The SMILES string of the molecule is Cc1ccc(F)cc1NC(C)c1ccc(C(F)(F)F)cc1. The number of aryl methyl sites for hydroxylation is 1. The van der Waals surface area contributed by atoms with Crippen molar-refractivity contribution in [2.24, 2.45) is 0 Å². The smallest absolute Gasteiger partial charge is 0.378 e. The normalized spacial score (nSPS) is 13.0. The van der Waals surface area contributed by atoms with Crippen LogP contribution in [0.5, 0.6) is 0 Å². The van der Waals surface area contributed by atoms with E-state index in [0.717, 1.165) is 17.7 Å². The van der Waals surface area contributed by atoms with Gasteiger partial charge in [0.25, 0.3) is 0 Å². The number of benzene rings is 2. The third-order valence-corrected chi connectivity index (χ3v) is 3.31. The number of anilines is 1. The largest absolute Gasteiger partial charge is 0.416 e. The maximum atomic E-state index is 13.2. The average molecular weight is 297 g/mol. The molecule has 2 rings (SSSR count). The van der Waals surface area contributed by atoms with Crippen LogP contribution in [0.1, 0.15) is 29.7 Å². The second-order valence-electron chi connectivity index (χ2n) is 4.95. The highest BCUT2D eigenvalue weighted by Crippen LogP contribution is 2.30. The van der Waals surface area contributed by atoms with E-state index in [0.29, 0.717) is 11.3 Å². The first kappa shape index (κ1) is 15.4. The van der Waals surface area contributed by atoms with Crippen molar-refractivity contribution in [3.8, 4) is 0 Å². The van der Waals surface area contributed by atoms with Gasteiger partial charge in [-0.2, -0.15) is 13.2 Å². The quantitative estimate of drug-likeness (QED) is 0.755. The molecule has 1 unspecified atom stereocenters. The molecular formula is C16H15F4N. The van der Waals surface area contributed by atoms with Crippen molar-refractivity contribution in [1.82, 2.24) is 0 Å². The first-order chi connectivity index (χ1) is 9.77. The summed E-state index contributed by atoms with van der Waals surface area (Å²) in [4.78, 5) is 0. The highest BCUT2D eigenvalue weighted by atomic mass is 19.4. The number of hydrogen-bond donors (Lipinski definition) is 1. The predicted molar refractivity (Wildman–Crippen MR) is 74.6 cm³/mol. The second-order valence-corrected chi connectivity index (χ2v) is 4.95. The van der Waals surface area contributed by atoms with Crippen LogP contribution in [0.4, 0.5) is 23.2 Å². The van der Waals surface area contributed by atoms with Crippen molar-refractivity contribution >= 4 is 5.69 Å². The molecule has 0 amide bonds. The van der Waals surface area contributed by atoms with Gasteiger partial charge in [0.15, 0.2) is 0 Å². The Labute approximate surface area is 120 Å². The standard InChI is InChI=1S/C16H15F4N/c1-10-3-8-14(17)9-15(10)21-11(2)12-4-6-13(7-5-12)16(18,19)20/h3-9,11,21H,1-2H3. The molecule has 0 fully saturated rings. The Morgan fingerprint density at radius 3 is 2.19 bits per heavy atom. The van der Waals surface area contributed by atoms with E-state index in [1.165, 1.54) is 24.3 Å². The summed E-state index contributed by atoms with van der Waals surface area (Å²) in [5, 5.41) is 3.10. The minimum Gasteiger partial charge on any atom is -0.378 e. The molecule has 1 nitrogen and oxygen atoms in total. The lowest BCUT2D eigenvalue weighted by molar-refractivity contribution is -0.137. The Hall–Kier alpha value is -2.04. The first-order valence-corrected chi connectivity index (χ1v) is 6.47. The van der Waals surface area contributed by atoms with Crippen molar-refractivity contribution in [3.05, 3.63) is 65.0 Å². The summed E-state index contributed by atoms with van der Waals surface area (Å²) in [6, 6.07) is 9.10. The molecule has 1 N–H and O–H groups in total. The summed E-state index contributed by atoms with van der Waals surface area (Å²) in [7, 11) is 0. The molecule has 0 saturated heterocycles. The zero-order chi connectivity index (χ0) is 15.6. The Bertz CT molecular complexity index is 617. The van der Waals surface area contributed by atoms with Crippen LogP contribution >= 0.6 is 0 Å². The van der Waals surface area contributed by atoms with Gasteiger partial charge in [-0.3, -0.25) is 0 Å². The number of alkyl halides is 3. The van der Waals surface area contributed by atoms with Gasteiger partial charge in [-0.15, -0.1) is 0 Å². The number of halogens is 4. The van der Waals surface area contributed by atoms with Crippen molar-refractivity contribution in [1.29, 1.82) is 0 Å². The fourth-order valence-corrected chi connectivity index (χ4v) is 2.03. The zero-order valence-corrected chi connectivity index (χ0v) is 11.6. The van der Waals surface area contributed by atoms with Crippen molar-refractivity contribution < 1.29 is 17.6 Å². The Morgan fingerprint density at radius 1 is 1.00 bits per heavy atom. The van der Waals surface area contributed by atoms with Gasteiger partial charge < -0.3 is 5.32 Å². The van der Waals surface area contributed by atoms with Crippen LogP contribution in [-0.2, 0) is 6.18 Å². The van der Waals surface area contributed by atoms with Gasteiger partial charge in [0.05, 0.1) is 5.56 Å². The molecule has 0 spiro atoms. The fraction of sp³-hybridized carbons (Fsp3) is 0.250. The summed E-state index contributed by atoms with van der Waals surface area (Å²) in [5.41, 5.74) is 1.52. The summed E-state index contributed by atoms with van der Waals surface area (Å²) in [5.74, 6) is -0.359. The summed E-state index contributed by atoms with van der Waals surface area (Å²) >= 11 is 0. The van der Waals surface area contributed by atoms with E-state index in [9.17, 15) is 17.6 Å². The van der Waals surface area contributed by atoms with Crippen LogP contribution in [0.15, 0.2) is 42.5 Å². The first-order valence-electron chi connectivity index (χ1n) is 6.47.